The molecular weight excluding hydrogens is 291 g/mol. The molecule has 1 aromatic heterocycles. The number of rotatable bonds is 2. The van der Waals surface area contributed by atoms with E-state index in [1.807, 2.05) is 6.07 Å². The minimum absolute atomic E-state index is 0.0401. The normalized spacial score (nSPS) is 25.4. The predicted molar refractivity (Wildman–Crippen MR) is 69.0 cm³/mol. The second kappa shape index (κ2) is 4.90. The van der Waals surface area contributed by atoms with Crippen LogP contribution in [-0.2, 0) is 4.74 Å². The van der Waals surface area contributed by atoms with Crippen molar-refractivity contribution in [2.24, 2.45) is 0 Å². The van der Waals surface area contributed by atoms with Gasteiger partial charge in [-0.2, -0.15) is 0 Å². The van der Waals surface area contributed by atoms with Crippen molar-refractivity contribution in [3.63, 3.8) is 0 Å². The first kappa shape index (κ1) is 12.1. The van der Waals surface area contributed by atoms with Gasteiger partial charge in [0.25, 0.3) is 0 Å². The lowest BCUT2D eigenvalue weighted by molar-refractivity contribution is 0.0538. The third-order valence-electron chi connectivity index (χ3n) is 2.67. The largest absolute Gasteiger partial charge is 0.379 e. The van der Waals surface area contributed by atoms with Gasteiger partial charge in [0, 0.05) is 12.8 Å². The molecule has 3 nitrogen and oxygen atoms in total. The number of anilines is 1. The maximum Gasteiger partial charge on any atom is 0.140 e. The van der Waals surface area contributed by atoms with Gasteiger partial charge in [-0.05, 0) is 41.8 Å². The predicted octanol–water partition coefficient (Wildman–Crippen LogP) is 3.48. The molecule has 0 bridgehead atoms. The summed E-state index contributed by atoms with van der Waals surface area (Å²) in [6.45, 7) is 3.71. The molecule has 0 spiro atoms. The van der Waals surface area contributed by atoms with Crippen LogP contribution in [0.15, 0.2) is 16.7 Å². The summed E-state index contributed by atoms with van der Waals surface area (Å²) >= 11 is 9.30. The number of nitrogens with one attached hydrogen (secondary N) is 1. The van der Waals surface area contributed by atoms with Gasteiger partial charge in [-0.25, -0.2) is 4.98 Å². The molecule has 0 amide bonds. The van der Waals surface area contributed by atoms with E-state index in [2.05, 4.69) is 33.2 Å². The summed E-state index contributed by atoms with van der Waals surface area (Å²) in [5.41, 5.74) is -0.0401. The molecule has 1 aliphatic heterocycles. The molecule has 1 unspecified atom stereocenters. The van der Waals surface area contributed by atoms with E-state index in [-0.39, 0.29) is 5.54 Å². The molecule has 5 heteroatoms. The van der Waals surface area contributed by atoms with Gasteiger partial charge in [-0.15, -0.1) is 0 Å². The van der Waals surface area contributed by atoms with E-state index >= 15 is 0 Å². The molecule has 0 radical (unpaired) electrons. The average molecular weight is 306 g/mol. The monoisotopic (exact) mass is 304 g/mol. The molecule has 2 rings (SSSR count). The highest BCUT2D eigenvalue weighted by Crippen LogP contribution is 2.28. The summed E-state index contributed by atoms with van der Waals surface area (Å²) < 4.78 is 6.37. The van der Waals surface area contributed by atoms with Crippen molar-refractivity contribution in [1.82, 2.24) is 4.98 Å². The van der Waals surface area contributed by atoms with Crippen LogP contribution < -0.4 is 5.32 Å². The molecule has 0 saturated carbocycles. The van der Waals surface area contributed by atoms with E-state index in [0.29, 0.717) is 11.6 Å². The van der Waals surface area contributed by atoms with Gasteiger partial charge in [0.1, 0.15) is 5.82 Å². The van der Waals surface area contributed by atoms with Crippen LogP contribution in [0.1, 0.15) is 19.8 Å². The molecule has 0 aliphatic carbocycles. The summed E-state index contributed by atoms with van der Waals surface area (Å²) in [4.78, 5) is 4.27. The zero-order valence-electron chi connectivity index (χ0n) is 9.09. The third kappa shape index (κ3) is 2.87. The first-order chi connectivity index (χ1) is 7.59. The van der Waals surface area contributed by atoms with E-state index in [1.165, 1.54) is 0 Å². The van der Waals surface area contributed by atoms with E-state index in [0.717, 1.165) is 29.7 Å². The lowest BCUT2D eigenvalue weighted by Crippen LogP contribution is -2.43. The number of aromatic nitrogens is 1. The Hall–Kier alpha value is -0.320. The third-order valence-corrected chi connectivity index (χ3v) is 3.48. The summed E-state index contributed by atoms with van der Waals surface area (Å²) in [7, 11) is 0. The molecular formula is C11H14BrClN2O. The molecule has 16 heavy (non-hydrogen) atoms. The Kier molecular flexibility index (Phi) is 3.72. The second-order valence-corrected chi connectivity index (χ2v) is 5.62. The van der Waals surface area contributed by atoms with Gasteiger partial charge in [-0.3, -0.25) is 0 Å². The van der Waals surface area contributed by atoms with Crippen molar-refractivity contribution < 1.29 is 4.74 Å². The highest BCUT2D eigenvalue weighted by molar-refractivity contribution is 9.10. The number of hydrogen-bond acceptors (Lipinski definition) is 3. The number of ether oxygens (including phenoxy) is 1. The van der Waals surface area contributed by atoms with Crippen LogP contribution in [0.4, 0.5) is 5.82 Å². The van der Waals surface area contributed by atoms with Gasteiger partial charge < -0.3 is 10.1 Å². The Morgan fingerprint density at radius 1 is 1.62 bits per heavy atom. The molecule has 1 aromatic rings. The highest BCUT2D eigenvalue weighted by atomic mass is 79.9. The van der Waals surface area contributed by atoms with E-state index in [4.69, 9.17) is 16.3 Å². The van der Waals surface area contributed by atoms with Gasteiger partial charge in [0.05, 0.1) is 21.6 Å². The Morgan fingerprint density at radius 2 is 2.44 bits per heavy atom. The molecule has 1 atom stereocenters. The van der Waals surface area contributed by atoms with Crippen LogP contribution in [0.5, 0.6) is 0 Å². The Morgan fingerprint density at radius 3 is 3.06 bits per heavy atom. The maximum absolute atomic E-state index is 5.85. The highest BCUT2D eigenvalue weighted by Gasteiger charge is 2.28. The van der Waals surface area contributed by atoms with Crippen LogP contribution >= 0.6 is 27.5 Å². The number of halogens is 2. The fourth-order valence-corrected chi connectivity index (χ4v) is 2.56. The van der Waals surface area contributed by atoms with Crippen molar-refractivity contribution >= 4 is 33.3 Å². The standard InChI is InChI=1S/C11H14BrClN2O/c1-11(3-2-4-16-7-11)15-10-9(12)5-8(13)6-14-10/h5-6H,2-4,7H2,1H3,(H,14,15). The first-order valence-electron chi connectivity index (χ1n) is 5.26. The SMILES string of the molecule is CC1(Nc2ncc(Cl)cc2Br)CCCOC1. The summed E-state index contributed by atoms with van der Waals surface area (Å²) in [5.74, 6) is 0.817. The van der Waals surface area contributed by atoms with Crippen LogP contribution in [0.2, 0.25) is 5.02 Å². The molecule has 1 N–H and O–H groups in total. The van der Waals surface area contributed by atoms with Crippen molar-refractivity contribution in [3.05, 3.63) is 21.8 Å². The van der Waals surface area contributed by atoms with E-state index in [9.17, 15) is 0 Å². The van der Waals surface area contributed by atoms with Gasteiger partial charge in [0.15, 0.2) is 0 Å². The smallest absolute Gasteiger partial charge is 0.140 e. The molecule has 1 saturated heterocycles. The molecule has 88 valence electrons. The number of hydrogen-bond donors (Lipinski definition) is 1. The Labute approximate surface area is 109 Å². The van der Waals surface area contributed by atoms with Crippen LogP contribution in [0, 0.1) is 0 Å². The van der Waals surface area contributed by atoms with Gasteiger partial charge in [0.2, 0.25) is 0 Å². The zero-order chi connectivity index (χ0) is 11.6. The maximum atomic E-state index is 5.85. The van der Waals surface area contributed by atoms with E-state index < -0.39 is 0 Å². The molecule has 0 aromatic carbocycles. The second-order valence-electron chi connectivity index (χ2n) is 4.33. The number of nitrogens with zero attached hydrogens (tertiary/aromatic N) is 1. The van der Waals surface area contributed by atoms with Crippen molar-refractivity contribution in [1.29, 1.82) is 0 Å². The zero-order valence-corrected chi connectivity index (χ0v) is 11.4. The van der Waals surface area contributed by atoms with Gasteiger partial charge in [-0.1, -0.05) is 11.6 Å². The van der Waals surface area contributed by atoms with Crippen LogP contribution in [0.3, 0.4) is 0 Å². The summed E-state index contributed by atoms with van der Waals surface area (Å²) in [5, 5.41) is 4.04. The first-order valence-corrected chi connectivity index (χ1v) is 6.43. The topological polar surface area (TPSA) is 34.2 Å². The average Bonchev–Trinajstić information content (AvgIpc) is 2.23. The lowest BCUT2D eigenvalue weighted by atomic mass is 9.95. The van der Waals surface area contributed by atoms with Gasteiger partial charge >= 0.3 is 0 Å². The van der Waals surface area contributed by atoms with E-state index in [1.54, 1.807) is 6.20 Å². The minimum Gasteiger partial charge on any atom is -0.379 e. The fraction of sp³-hybridized carbons (Fsp3) is 0.545. The molecule has 1 fully saturated rings. The quantitative estimate of drug-likeness (QED) is 0.908. The molecule has 1 aliphatic rings. The lowest BCUT2D eigenvalue weighted by Gasteiger charge is -2.35. The van der Waals surface area contributed by atoms with Crippen LogP contribution in [0.25, 0.3) is 0 Å². The summed E-state index contributed by atoms with van der Waals surface area (Å²) in [6.07, 6.45) is 3.81. The fourth-order valence-electron chi connectivity index (χ4n) is 1.82. The van der Waals surface area contributed by atoms with Crippen molar-refractivity contribution in [2.45, 2.75) is 25.3 Å². The van der Waals surface area contributed by atoms with Crippen molar-refractivity contribution in [3.8, 4) is 0 Å². The Bertz CT molecular complexity index is 380. The minimum atomic E-state index is -0.0401. The Balaban J connectivity index is 2.13. The summed E-state index contributed by atoms with van der Waals surface area (Å²) in [6, 6.07) is 1.84. The number of pyridine rings is 1. The van der Waals surface area contributed by atoms with Crippen LogP contribution in [-0.4, -0.2) is 23.7 Å². The molecule has 2 heterocycles. The van der Waals surface area contributed by atoms with Crippen molar-refractivity contribution in [2.75, 3.05) is 18.5 Å².